The number of hydrogen-bond donors (Lipinski definition) is 1. The van der Waals surface area contributed by atoms with Crippen molar-refractivity contribution in [3.05, 3.63) is 78.2 Å². The molecular weight excluding hydrogens is 310 g/mol. The molecule has 0 amide bonds. The predicted molar refractivity (Wildman–Crippen MR) is 99.0 cm³/mol. The lowest BCUT2D eigenvalue weighted by molar-refractivity contribution is 0.303. The Balaban J connectivity index is 1.40. The molecule has 0 saturated heterocycles. The molecule has 5 heteroatoms. The summed E-state index contributed by atoms with van der Waals surface area (Å²) < 4.78 is 0. The van der Waals surface area contributed by atoms with E-state index in [2.05, 4.69) is 51.9 Å². The molecule has 0 bridgehead atoms. The second kappa shape index (κ2) is 5.55. The highest BCUT2D eigenvalue weighted by Gasteiger charge is 2.66. The van der Waals surface area contributed by atoms with E-state index in [1.54, 1.807) is 12.4 Å². The highest BCUT2D eigenvalue weighted by molar-refractivity contribution is 6.08. The maximum atomic E-state index is 4.85. The summed E-state index contributed by atoms with van der Waals surface area (Å²) in [5, 5.41) is 2.21. The van der Waals surface area contributed by atoms with Gasteiger partial charge < -0.3 is 0 Å². The molecule has 124 valence electrons. The molecule has 1 aromatic rings. The number of amidine groups is 2. The summed E-state index contributed by atoms with van der Waals surface area (Å²) in [5.74, 6) is 1.87. The van der Waals surface area contributed by atoms with Crippen LogP contribution < -0.4 is 5.43 Å². The number of pyridine rings is 1. The van der Waals surface area contributed by atoms with E-state index in [9.17, 15) is 0 Å². The molecular formula is C20H19N5. The zero-order valence-electron chi connectivity index (χ0n) is 13.8. The maximum Gasteiger partial charge on any atom is 0.143 e. The lowest BCUT2D eigenvalue weighted by atomic mass is 10.0. The van der Waals surface area contributed by atoms with E-state index in [1.165, 1.54) is 5.57 Å². The van der Waals surface area contributed by atoms with Crippen molar-refractivity contribution in [3.8, 4) is 0 Å². The molecule has 5 nitrogen and oxygen atoms in total. The monoisotopic (exact) mass is 329 g/mol. The highest BCUT2D eigenvalue weighted by atomic mass is 15.6. The second-order valence-electron chi connectivity index (χ2n) is 6.66. The highest BCUT2D eigenvalue weighted by Crippen LogP contribution is 2.54. The van der Waals surface area contributed by atoms with Crippen LogP contribution >= 0.6 is 0 Å². The topological polar surface area (TPSA) is 52.9 Å². The number of allylic oxidation sites excluding steroid dienone is 4. The number of hydrazine groups is 1. The fourth-order valence-electron chi connectivity index (χ4n) is 3.69. The first-order valence-electron chi connectivity index (χ1n) is 8.66. The zero-order valence-corrected chi connectivity index (χ0v) is 13.8. The molecule has 1 saturated carbocycles. The molecule has 2 unspecified atom stereocenters. The van der Waals surface area contributed by atoms with Crippen LogP contribution in [-0.4, -0.2) is 33.2 Å². The Kier molecular flexibility index (Phi) is 3.20. The Morgan fingerprint density at radius 1 is 1.20 bits per heavy atom. The molecule has 25 heavy (non-hydrogen) atoms. The van der Waals surface area contributed by atoms with Crippen LogP contribution in [-0.2, 0) is 6.54 Å². The fraction of sp³-hybridized carbons (Fsp3) is 0.250. The van der Waals surface area contributed by atoms with Gasteiger partial charge >= 0.3 is 0 Å². The first kappa shape index (κ1) is 14.4. The summed E-state index contributed by atoms with van der Waals surface area (Å²) in [6, 6.07) is 4.32. The Hall–Kier alpha value is -2.95. The molecule has 0 radical (unpaired) electrons. The third-order valence-electron chi connectivity index (χ3n) is 5.09. The molecule has 5 rings (SSSR count). The lowest BCUT2D eigenvalue weighted by Crippen LogP contribution is -2.54. The van der Waals surface area contributed by atoms with E-state index < -0.39 is 0 Å². The summed E-state index contributed by atoms with van der Waals surface area (Å²) >= 11 is 0. The van der Waals surface area contributed by atoms with Crippen molar-refractivity contribution in [1.82, 2.24) is 15.4 Å². The average Bonchev–Trinajstić information content (AvgIpc) is 3.37. The van der Waals surface area contributed by atoms with Crippen molar-refractivity contribution in [3.63, 3.8) is 0 Å². The number of hydrogen-bond acceptors (Lipinski definition) is 4. The van der Waals surface area contributed by atoms with Crippen LogP contribution in [0.2, 0.25) is 0 Å². The summed E-state index contributed by atoms with van der Waals surface area (Å²) in [6.45, 7) is 0.636. The van der Waals surface area contributed by atoms with E-state index in [0.29, 0.717) is 12.6 Å². The van der Waals surface area contributed by atoms with Crippen LogP contribution in [0.15, 0.2) is 82.6 Å². The molecule has 1 fully saturated rings. The summed E-state index contributed by atoms with van der Waals surface area (Å²) in [5.41, 5.74) is 5.90. The molecule has 2 aliphatic heterocycles. The molecule has 2 aliphatic carbocycles. The predicted octanol–water partition coefficient (Wildman–Crippen LogP) is 2.72. The standard InChI is InChI=1S/C20H19N5/c1-2-4-6-16(5-3-1)20-13-17(20)23-19-8-7-18(24-25(19)20)22-14-15-9-11-21-12-10-15/h1,3-12,17H,2,13-14H2,(H,22,24). The Bertz CT molecular complexity index is 875. The number of fused-ring (bicyclic) bond motifs is 3. The first-order chi connectivity index (χ1) is 12.4. The van der Waals surface area contributed by atoms with Crippen LogP contribution in [0.25, 0.3) is 0 Å². The van der Waals surface area contributed by atoms with Crippen LogP contribution in [0.3, 0.4) is 0 Å². The van der Waals surface area contributed by atoms with Crippen LogP contribution in [0.1, 0.15) is 18.4 Å². The van der Waals surface area contributed by atoms with E-state index in [0.717, 1.165) is 30.1 Å². The van der Waals surface area contributed by atoms with Gasteiger partial charge in [-0.25, -0.2) is 0 Å². The molecule has 1 aromatic heterocycles. The van der Waals surface area contributed by atoms with Gasteiger partial charge in [0.25, 0.3) is 0 Å². The van der Waals surface area contributed by atoms with Gasteiger partial charge in [-0.05, 0) is 41.8 Å². The van der Waals surface area contributed by atoms with Gasteiger partial charge in [-0.3, -0.25) is 25.4 Å². The fourth-order valence-corrected chi connectivity index (χ4v) is 3.69. The van der Waals surface area contributed by atoms with Gasteiger partial charge in [0.15, 0.2) is 0 Å². The van der Waals surface area contributed by atoms with Gasteiger partial charge in [-0.2, -0.15) is 0 Å². The van der Waals surface area contributed by atoms with Crippen molar-refractivity contribution in [1.29, 1.82) is 0 Å². The average molecular weight is 329 g/mol. The van der Waals surface area contributed by atoms with Crippen molar-refractivity contribution in [2.24, 2.45) is 9.98 Å². The van der Waals surface area contributed by atoms with Gasteiger partial charge in [0.2, 0.25) is 0 Å². The maximum absolute atomic E-state index is 4.85. The Labute approximate surface area is 146 Å². The number of aromatic nitrogens is 1. The molecule has 4 aliphatic rings. The smallest absolute Gasteiger partial charge is 0.143 e. The molecule has 1 N–H and O–H groups in total. The SMILES string of the molecule is C1=CCC=CC(C23CC2N=C2C=CC(=NCc4ccncc4)NN23)=C1. The molecule has 0 spiro atoms. The minimum absolute atomic E-state index is 0.0529. The minimum atomic E-state index is -0.0529. The van der Waals surface area contributed by atoms with Crippen molar-refractivity contribution >= 4 is 11.7 Å². The minimum Gasteiger partial charge on any atom is -0.280 e. The number of nitrogens with one attached hydrogen (secondary N) is 1. The van der Waals surface area contributed by atoms with Gasteiger partial charge in [0.05, 0.1) is 12.6 Å². The molecule has 2 atom stereocenters. The largest absolute Gasteiger partial charge is 0.280 e. The zero-order chi connectivity index (χ0) is 16.7. The van der Waals surface area contributed by atoms with Crippen LogP contribution in [0, 0.1) is 0 Å². The van der Waals surface area contributed by atoms with E-state index >= 15 is 0 Å². The number of rotatable bonds is 3. The van der Waals surface area contributed by atoms with Gasteiger partial charge in [0.1, 0.15) is 17.2 Å². The van der Waals surface area contributed by atoms with Gasteiger partial charge in [-0.15, -0.1) is 0 Å². The number of nitrogens with zero attached hydrogens (tertiary/aromatic N) is 4. The Morgan fingerprint density at radius 3 is 3.04 bits per heavy atom. The van der Waals surface area contributed by atoms with E-state index in [-0.39, 0.29) is 5.54 Å². The summed E-state index contributed by atoms with van der Waals surface area (Å²) in [4.78, 5) is 13.6. The first-order valence-corrected chi connectivity index (χ1v) is 8.66. The third kappa shape index (κ3) is 2.35. The third-order valence-corrected chi connectivity index (χ3v) is 5.09. The lowest BCUT2D eigenvalue weighted by Gasteiger charge is -2.34. The molecule has 3 heterocycles. The van der Waals surface area contributed by atoms with Crippen molar-refractivity contribution < 1.29 is 0 Å². The van der Waals surface area contributed by atoms with Crippen LogP contribution in [0.5, 0.6) is 0 Å². The van der Waals surface area contributed by atoms with Gasteiger partial charge in [-0.1, -0.05) is 30.4 Å². The van der Waals surface area contributed by atoms with Gasteiger partial charge in [0, 0.05) is 18.8 Å². The normalized spacial score (nSPS) is 30.3. The second-order valence-corrected chi connectivity index (χ2v) is 6.66. The quantitative estimate of drug-likeness (QED) is 0.928. The van der Waals surface area contributed by atoms with E-state index in [4.69, 9.17) is 9.98 Å². The molecule has 0 aromatic carbocycles. The van der Waals surface area contributed by atoms with Crippen molar-refractivity contribution in [2.75, 3.05) is 0 Å². The van der Waals surface area contributed by atoms with Crippen LogP contribution in [0.4, 0.5) is 0 Å². The Morgan fingerprint density at radius 2 is 2.12 bits per heavy atom. The summed E-state index contributed by atoms with van der Waals surface area (Å²) in [7, 11) is 0. The number of aliphatic imine (C=N–C) groups is 2. The summed E-state index contributed by atoms with van der Waals surface area (Å²) in [6.07, 6.45) is 20.7. The van der Waals surface area contributed by atoms with Crippen molar-refractivity contribution in [2.45, 2.75) is 31.0 Å². The van der Waals surface area contributed by atoms with E-state index in [1.807, 2.05) is 18.2 Å².